The Kier molecular flexibility index (Phi) is 2.94. The smallest absolute Gasteiger partial charge is 0.174 e. The van der Waals surface area contributed by atoms with Crippen LogP contribution in [0.1, 0.15) is 19.3 Å². The highest BCUT2D eigenvalue weighted by Gasteiger charge is 2.26. The van der Waals surface area contributed by atoms with E-state index in [-0.39, 0.29) is 6.29 Å². The number of hydrogen-bond donors (Lipinski definition) is 2. The minimum Gasteiger partial charge on any atom is -0.351 e. The Morgan fingerprint density at radius 2 is 1.92 bits per heavy atom. The van der Waals surface area contributed by atoms with Gasteiger partial charge in [-0.2, -0.15) is 0 Å². The number of hydrogen-bond acceptors (Lipinski definition) is 4. The summed E-state index contributed by atoms with van der Waals surface area (Å²) in [5.74, 6) is 0. The maximum atomic E-state index is 5.49. The van der Waals surface area contributed by atoms with Crippen molar-refractivity contribution in [3.63, 3.8) is 0 Å². The first-order valence-electron chi connectivity index (χ1n) is 4.68. The van der Waals surface area contributed by atoms with Crippen LogP contribution in [0.25, 0.3) is 0 Å². The minimum absolute atomic E-state index is 0.0356. The maximum absolute atomic E-state index is 5.49. The minimum atomic E-state index is -0.0356. The number of hydrazine groups is 1. The molecule has 0 aromatic heterocycles. The summed E-state index contributed by atoms with van der Waals surface area (Å²) in [4.78, 5) is 0. The first-order valence-corrected chi connectivity index (χ1v) is 4.68. The van der Waals surface area contributed by atoms with E-state index in [0.29, 0.717) is 6.04 Å². The van der Waals surface area contributed by atoms with E-state index in [2.05, 4.69) is 10.9 Å². The van der Waals surface area contributed by atoms with Gasteiger partial charge in [0.2, 0.25) is 0 Å². The molecule has 4 nitrogen and oxygen atoms in total. The SMILES string of the molecule is C1COC(C2CCCNN2)OC1. The summed E-state index contributed by atoms with van der Waals surface area (Å²) < 4.78 is 11.0. The monoisotopic (exact) mass is 172 g/mol. The molecule has 12 heavy (non-hydrogen) atoms. The third kappa shape index (κ3) is 1.95. The molecule has 2 heterocycles. The number of nitrogens with one attached hydrogen (secondary N) is 2. The molecule has 0 bridgehead atoms. The van der Waals surface area contributed by atoms with Gasteiger partial charge in [0.25, 0.3) is 0 Å². The molecular formula is C8H16N2O2. The highest BCUT2D eigenvalue weighted by Crippen LogP contribution is 2.13. The highest BCUT2D eigenvalue weighted by atomic mass is 16.7. The van der Waals surface area contributed by atoms with Crippen LogP contribution in [0.3, 0.4) is 0 Å². The summed E-state index contributed by atoms with van der Waals surface area (Å²) in [6.07, 6.45) is 3.32. The van der Waals surface area contributed by atoms with E-state index in [0.717, 1.165) is 32.6 Å². The summed E-state index contributed by atoms with van der Waals surface area (Å²) in [7, 11) is 0. The van der Waals surface area contributed by atoms with E-state index in [1.165, 1.54) is 6.42 Å². The first-order chi connectivity index (χ1) is 5.97. The molecule has 0 aliphatic carbocycles. The molecule has 2 fully saturated rings. The second-order valence-electron chi connectivity index (χ2n) is 3.28. The molecule has 2 rings (SSSR count). The summed E-state index contributed by atoms with van der Waals surface area (Å²) in [6, 6.07) is 0.332. The summed E-state index contributed by atoms with van der Waals surface area (Å²) in [6.45, 7) is 2.72. The zero-order chi connectivity index (χ0) is 8.23. The van der Waals surface area contributed by atoms with Crippen molar-refractivity contribution in [1.82, 2.24) is 10.9 Å². The molecule has 0 aromatic rings. The average Bonchev–Trinajstić information content (AvgIpc) is 2.21. The fourth-order valence-corrected chi connectivity index (χ4v) is 1.63. The van der Waals surface area contributed by atoms with Gasteiger partial charge in [-0.25, -0.2) is 5.43 Å². The molecule has 2 saturated heterocycles. The van der Waals surface area contributed by atoms with E-state index < -0.39 is 0 Å². The van der Waals surface area contributed by atoms with Crippen molar-refractivity contribution in [1.29, 1.82) is 0 Å². The first kappa shape index (κ1) is 8.44. The largest absolute Gasteiger partial charge is 0.351 e. The number of rotatable bonds is 1. The molecule has 2 N–H and O–H groups in total. The van der Waals surface area contributed by atoms with Gasteiger partial charge < -0.3 is 9.47 Å². The van der Waals surface area contributed by atoms with E-state index in [1.54, 1.807) is 0 Å². The molecule has 0 saturated carbocycles. The van der Waals surface area contributed by atoms with Crippen molar-refractivity contribution in [2.24, 2.45) is 0 Å². The molecule has 1 unspecified atom stereocenters. The van der Waals surface area contributed by atoms with Crippen molar-refractivity contribution in [2.75, 3.05) is 19.8 Å². The third-order valence-corrected chi connectivity index (χ3v) is 2.29. The molecule has 70 valence electrons. The molecule has 0 aromatic carbocycles. The Morgan fingerprint density at radius 3 is 2.58 bits per heavy atom. The van der Waals surface area contributed by atoms with Crippen LogP contribution in [0.5, 0.6) is 0 Å². The lowest BCUT2D eigenvalue weighted by molar-refractivity contribution is -0.197. The maximum Gasteiger partial charge on any atom is 0.174 e. The number of ether oxygens (including phenoxy) is 2. The van der Waals surface area contributed by atoms with Crippen LogP contribution in [-0.4, -0.2) is 32.1 Å². The topological polar surface area (TPSA) is 42.5 Å². The van der Waals surface area contributed by atoms with Crippen LogP contribution in [-0.2, 0) is 9.47 Å². The average molecular weight is 172 g/mol. The van der Waals surface area contributed by atoms with Crippen LogP contribution in [0.15, 0.2) is 0 Å². The molecule has 0 spiro atoms. The predicted molar refractivity (Wildman–Crippen MR) is 44.5 cm³/mol. The normalized spacial score (nSPS) is 33.5. The van der Waals surface area contributed by atoms with Crippen LogP contribution in [0, 0.1) is 0 Å². The Morgan fingerprint density at radius 1 is 1.08 bits per heavy atom. The fourth-order valence-electron chi connectivity index (χ4n) is 1.63. The van der Waals surface area contributed by atoms with Gasteiger partial charge in [-0.1, -0.05) is 0 Å². The van der Waals surface area contributed by atoms with E-state index in [4.69, 9.17) is 9.47 Å². The molecular weight excluding hydrogens is 156 g/mol. The van der Waals surface area contributed by atoms with Gasteiger partial charge in [0.15, 0.2) is 6.29 Å². The van der Waals surface area contributed by atoms with Crippen molar-refractivity contribution < 1.29 is 9.47 Å². The molecule has 0 radical (unpaired) electrons. The second-order valence-corrected chi connectivity index (χ2v) is 3.28. The molecule has 1 atom stereocenters. The Labute approximate surface area is 72.6 Å². The van der Waals surface area contributed by atoms with Gasteiger partial charge in [-0.05, 0) is 19.3 Å². The van der Waals surface area contributed by atoms with Crippen molar-refractivity contribution in [3.8, 4) is 0 Å². The van der Waals surface area contributed by atoms with Crippen molar-refractivity contribution >= 4 is 0 Å². The van der Waals surface area contributed by atoms with Gasteiger partial charge in [-0.15, -0.1) is 0 Å². The molecule has 4 heteroatoms. The Bertz CT molecular complexity index is 115. The standard InChI is InChI=1S/C8H16N2O2/c1-3-7(10-9-4-1)8-11-5-2-6-12-8/h7-10H,1-6H2. The summed E-state index contributed by atoms with van der Waals surface area (Å²) in [5.41, 5.74) is 6.31. The predicted octanol–water partition coefficient (Wildman–Crippen LogP) is 0.00600. The van der Waals surface area contributed by atoms with Gasteiger partial charge in [0, 0.05) is 6.54 Å². The summed E-state index contributed by atoms with van der Waals surface area (Å²) in [5, 5.41) is 0. The molecule has 0 amide bonds. The van der Waals surface area contributed by atoms with Crippen LogP contribution in [0.4, 0.5) is 0 Å². The molecule has 2 aliphatic heterocycles. The highest BCUT2D eigenvalue weighted by molar-refractivity contribution is 4.74. The second kappa shape index (κ2) is 4.18. The van der Waals surface area contributed by atoms with Crippen LogP contribution < -0.4 is 10.9 Å². The summed E-state index contributed by atoms with van der Waals surface area (Å²) >= 11 is 0. The van der Waals surface area contributed by atoms with Crippen molar-refractivity contribution in [3.05, 3.63) is 0 Å². The van der Waals surface area contributed by atoms with Gasteiger partial charge in [0.05, 0.1) is 19.3 Å². The Hall–Kier alpha value is -0.160. The van der Waals surface area contributed by atoms with Crippen LogP contribution in [0.2, 0.25) is 0 Å². The zero-order valence-corrected chi connectivity index (χ0v) is 7.21. The Balaban J connectivity index is 1.80. The lowest BCUT2D eigenvalue weighted by Crippen LogP contribution is -2.54. The third-order valence-electron chi connectivity index (χ3n) is 2.29. The lowest BCUT2D eigenvalue weighted by Gasteiger charge is -2.33. The zero-order valence-electron chi connectivity index (χ0n) is 7.21. The van der Waals surface area contributed by atoms with Crippen molar-refractivity contribution in [2.45, 2.75) is 31.6 Å². The van der Waals surface area contributed by atoms with E-state index in [9.17, 15) is 0 Å². The molecule has 2 aliphatic rings. The van der Waals surface area contributed by atoms with E-state index >= 15 is 0 Å². The quantitative estimate of drug-likeness (QED) is 0.584. The fraction of sp³-hybridized carbons (Fsp3) is 1.00. The van der Waals surface area contributed by atoms with E-state index in [1.807, 2.05) is 0 Å². The van der Waals surface area contributed by atoms with Crippen LogP contribution >= 0.6 is 0 Å². The van der Waals surface area contributed by atoms with Gasteiger partial charge in [-0.3, -0.25) is 5.43 Å². The lowest BCUT2D eigenvalue weighted by atomic mass is 10.1. The van der Waals surface area contributed by atoms with Gasteiger partial charge >= 0.3 is 0 Å². The van der Waals surface area contributed by atoms with Gasteiger partial charge in [0.1, 0.15) is 0 Å².